The molecule has 7 heteroatoms. The molecule has 0 unspecified atom stereocenters. The number of nitrogens with zero attached hydrogens (tertiary/aromatic N) is 2. The second-order valence-corrected chi connectivity index (χ2v) is 8.20. The Labute approximate surface area is 185 Å². The largest absolute Gasteiger partial charge is 0.438 e. The molecule has 1 saturated heterocycles. The van der Waals surface area contributed by atoms with Crippen molar-refractivity contribution < 1.29 is 14.0 Å². The molecule has 2 aromatic heterocycles. The number of benzene rings is 2. The van der Waals surface area contributed by atoms with E-state index in [1.165, 1.54) is 6.39 Å². The summed E-state index contributed by atoms with van der Waals surface area (Å²) in [5.41, 5.74) is 4.38. The predicted molar refractivity (Wildman–Crippen MR) is 122 cm³/mol. The van der Waals surface area contributed by atoms with Crippen LogP contribution in [0.3, 0.4) is 0 Å². The van der Waals surface area contributed by atoms with Gasteiger partial charge in [-0.2, -0.15) is 0 Å². The van der Waals surface area contributed by atoms with Crippen molar-refractivity contribution in [2.24, 2.45) is 5.92 Å². The van der Waals surface area contributed by atoms with E-state index in [0.29, 0.717) is 18.8 Å². The molecule has 7 nitrogen and oxygen atoms in total. The van der Waals surface area contributed by atoms with Crippen molar-refractivity contribution in [3.8, 4) is 11.3 Å². The van der Waals surface area contributed by atoms with Gasteiger partial charge in [-0.25, -0.2) is 4.98 Å². The minimum atomic E-state index is -0.271. The second-order valence-electron chi connectivity index (χ2n) is 8.20. The first-order valence-electron chi connectivity index (χ1n) is 10.8. The average molecular weight is 428 g/mol. The van der Waals surface area contributed by atoms with Gasteiger partial charge in [-0.3, -0.25) is 9.59 Å². The average Bonchev–Trinajstić information content (AvgIpc) is 3.45. The highest BCUT2D eigenvalue weighted by molar-refractivity contribution is 5.96. The molecule has 0 bridgehead atoms. The number of oxazole rings is 1. The third-order valence-electron chi connectivity index (χ3n) is 5.99. The van der Waals surface area contributed by atoms with Crippen molar-refractivity contribution in [3.05, 3.63) is 72.4 Å². The Hall–Kier alpha value is -3.87. The summed E-state index contributed by atoms with van der Waals surface area (Å²) in [5, 5.41) is 4.18. The maximum Gasteiger partial charge on any atom is 0.291 e. The number of aromatic amines is 1. The van der Waals surface area contributed by atoms with Gasteiger partial charge in [0.05, 0.1) is 11.6 Å². The fourth-order valence-corrected chi connectivity index (χ4v) is 4.26. The third kappa shape index (κ3) is 3.89. The summed E-state index contributed by atoms with van der Waals surface area (Å²) in [4.78, 5) is 34.8. The Bertz CT molecular complexity index is 1260. The summed E-state index contributed by atoms with van der Waals surface area (Å²) < 4.78 is 5.24. The van der Waals surface area contributed by atoms with Gasteiger partial charge in [0.2, 0.25) is 11.7 Å². The van der Waals surface area contributed by atoms with E-state index in [9.17, 15) is 9.59 Å². The lowest BCUT2D eigenvalue weighted by Crippen LogP contribution is -2.43. The number of anilines is 1. The maximum atomic E-state index is 13.0. The molecule has 1 aliphatic rings. The quantitative estimate of drug-likeness (QED) is 0.496. The predicted octanol–water partition coefficient (Wildman–Crippen LogP) is 4.62. The molecule has 4 aromatic rings. The summed E-state index contributed by atoms with van der Waals surface area (Å²) in [6.45, 7) is 2.72. The van der Waals surface area contributed by atoms with Crippen molar-refractivity contribution in [3.63, 3.8) is 0 Å². The lowest BCUT2D eigenvalue weighted by molar-refractivity contribution is -0.121. The molecule has 0 saturated carbocycles. The van der Waals surface area contributed by atoms with Gasteiger partial charge in [-0.05, 0) is 44.0 Å². The molecule has 162 valence electrons. The highest BCUT2D eigenvalue weighted by Crippen LogP contribution is 2.27. The maximum absolute atomic E-state index is 13.0. The number of amides is 2. The van der Waals surface area contributed by atoms with Crippen LogP contribution >= 0.6 is 0 Å². The third-order valence-corrected chi connectivity index (χ3v) is 5.99. The Morgan fingerprint density at radius 3 is 2.84 bits per heavy atom. The van der Waals surface area contributed by atoms with Gasteiger partial charge < -0.3 is 19.6 Å². The summed E-state index contributed by atoms with van der Waals surface area (Å²) in [6, 6.07) is 18.0. The number of aryl methyl sites for hydroxylation is 1. The van der Waals surface area contributed by atoms with Crippen LogP contribution in [0.1, 0.15) is 29.1 Å². The van der Waals surface area contributed by atoms with E-state index in [4.69, 9.17) is 4.42 Å². The van der Waals surface area contributed by atoms with E-state index in [0.717, 1.165) is 40.7 Å². The second kappa shape index (κ2) is 8.34. The first-order valence-corrected chi connectivity index (χ1v) is 10.8. The van der Waals surface area contributed by atoms with Gasteiger partial charge >= 0.3 is 0 Å². The number of hydrogen-bond donors (Lipinski definition) is 2. The topological polar surface area (TPSA) is 91.2 Å². The smallest absolute Gasteiger partial charge is 0.291 e. The number of piperidine rings is 1. The van der Waals surface area contributed by atoms with E-state index >= 15 is 0 Å². The zero-order valence-electron chi connectivity index (χ0n) is 17.8. The molecule has 1 aliphatic heterocycles. The molecule has 1 atom stereocenters. The lowest BCUT2D eigenvalue weighted by Gasteiger charge is -2.31. The van der Waals surface area contributed by atoms with Crippen LogP contribution in [0.2, 0.25) is 0 Å². The summed E-state index contributed by atoms with van der Waals surface area (Å²) >= 11 is 0. The molecule has 3 heterocycles. The SMILES string of the molecule is Cc1ncoc1C(=O)N1CCC[C@@H](C(=O)Nc2cccc(-c3cc4ccccc4[nH]3)c2)C1. The molecule has 5 rings (SSSR count). The van der Waals surface area contributed by atoms with Gasteiger partial charge in [-0.15, -0.1) is 0 Å². The monoisotopic (exact) mass is 428 g/mol. The summed E-state index contributed by atoms with van der Waals surface area (Å²) in [5.74, 6) is -0.311. The van der Waals surface area contributed by atoms with Crippen molar-refractivity contribution in [2.75, 3.05) is 18.4 Å². The molecule has 0 radical (unpaired) electrons. The summed E-state index contributed by atoms with van der Waals surface area (Å²) in [6.07, 6.45) is 2.79. The number of carbonyl (C=O) groups is 2. The first kappa shape index (κ1) is 20.1. The first-order chi connectivity index (χ1) is 15.6. The number of carbonyl (C=O) groups excluding carboxylic acids is 2. The lowest BCUT2D eigenvalue weighted by atomic mass is 9.96. The van der Waals surface area contributed by atoms with Crippen LogP contribution in [0.4, 0.5) is 5.69 Å². The number of likely N-dealkylation sites (tertiary alicyclic amines) is 1. The van der Waals surface area contributed by atoms with Crippen LogP contribution in [-0.4, -0.2) is 39.8 Å². The van der Waals surface area contributed by atoms with Crippen LogP contribution in [0.5, 0.6) is 0 Å². The van der Waals surface area contributed by atoms with Gasteiger partial charge in [-0.1, -0.05) is 30.3 Å². The van der Waals surface area contributed by atoms with Gasteiger partial charge in [0.1, 0.15) is 0 Å². The minimum Gasteiger partial charge on any atom is -0.438 e. The molecule has 0 aliphatic carbocycles. The Morgan fingerprint density at radius 2 is 2.03 bits per heavy atom. The zero-order chi connectivity index (χ0) is 22.1. The van der Waals surface area contributed by atoms with Crippen LogP contribution < -0.4 is 5.32 Å². The number of nitrogens with one attached hydrogen (secondary N) is 2. The molecular formula is C25H24N4O3. The molecule has 32 heavy (non-hydrogen) atoms. The van der Waals surface area contributed by atoms with E-state index in [-0.39, 0.29) is 23.5 Å². The highest BCUT2D eigenvalue weighted by Gasteiger charge is 2.31. The fraction of sp³-hybridized carbons (Fsp3) is 0.240. The molecule has 1 fully saturated rings. The van der Waals surface area contributed by atoms with Crippen LogP contribution in [-0.2, 0) is 4.79 Å². The van der Waals surface area contributed by atoms with Gasteiger partial charge in [0.25, 0.3) is 5.91 Å². The Balaban J connectivity index is 1.29. The number of aromatic nitrogens is 2. The highest BCUT2D eigenvalue weighted by atomic mass is 16.3. The number of rotatable bonds is 4. The Morgan fingerprint density at radius 1 is 1.16 bits per heavy atom. The number of para-hydroxylation sites is 1. The normalized spacial score (nSPS) is 16.3. The zero-order valence-corrected chi connectivity index (χ0v) is 17.8. The standard InChI is InChI=1S/C25H24N4O3/c1-16-23(32-15-26-16)25(31)29-11-5-8-19(14-29)24(30)27-20-9-4-7-17(12-20)22-13-18-6-2-3-10-21(18)28-22/h2-4,6-7,9-10,12-13,15,19,28H,5,8,11,14H2,1H3,(H,27,30)/t19-/m1/s1. The van der Waals surface area contributed by atoms with Crippen molar-refractivity contribution in [1.29, 1.82) is 0 Å². The van der Waals surface area contributed by atoms with Crippen molar-refractivity contribution in [1.82, 2.24) is 14.9 Å². The van der Waals surface area contributed by atoms with Crippen LogP contribution in [0.25, 0.3) is 22.2 Å². The van der Waals surface area contributed by atoms with E-state index < -0.39 is 0 Å². The van der Waals surface area contributed by atoms with Crippen molar-refractivity contribution >= 4 is 28.4 Å². The van der Waals surface area contributed by atoms with Crippen molar-refractivity contribution in [2.45, 2.75) is 19.8 Å². The van der Waals surface area contributed by atoms with Gasteiger partial charge in [0.15, 0.2) is 6.39 Å². The molecule has 2 N–H and O–H groups in total. The Kier molecular flexibility index (Phi) is 5.23. The molecular weight excluding hydrogens is 404 g/mol. The van der Waals surface area contributed by atoms with E-state index in [1.54, 1.807) is 11.8 Å². The van der Waals surface area contributed by atoms with E-state index in [1.807, 2.05) is 42.5 Å². The number of H-pyrrole nitrogens is 1. The number of hydrogen-bond acceptors (Lipinski definition) is 4. The molecule has 0 spiro atoms. The van der Waals surface area contributed by atoms with Gasteiger partial charge in [0, 0.05) is 40.9 Å². The summed E-state index contributed by atoms with van der Waals surface area (Å²) in [7, 11) is 0. The van der Waals surface area contributed by atoms with Crippen LogP contribution in [0, 0.1) is 12.8 Å². The molecule has 2 aromatic carbocycles. The van der Waals surface area contributed by atoms with Crippen LogP contribution in [0.15, 0.2) is 65.4 Å². The molecule has 2 amide bonds. The van der Waals surface area contributed by atoms with E-state index in [2.05, 4.69) is 27.4 Å². The fourth-order valence-electron chi connectivity index (χ4n) is 4.26. The minimum absolute atomic E-state index is 0.0782. The number of fused-ring (bicyclic) bond motifs is 1.